The van der Waals surface area contributed by atoms with Crippen molar-refractivity contribution in [2.75, 3.05) is 26.5 Å². The molecule has 0 radical (unpaired) electrons. The predicted molar refractivity (Wildman–Crippen MR) is 110 cm³/mol. The fraction of sp³-hybridized carbons (Fsp3) is 0.174. The van der Waals surface area contributed by atoms with Gasteiger partial charge in [0, 0.05) is 25.3 Å². The van der Waals surface area contributed by atoms with Gasteiger partial charge in [-0.15, -0.1) is 0 Å². The van der Waals surface area contributed by atoms with Crippen LogP contribution in [0.2, 0.25) is 0 Å². The standard InChI is InChI=1S/C23H22N2O3/c1-25(2)23(26)24-16-12-13-17-18(14-16)22(15-8-5-4-6-9-15)28-20-11-7-10-19(27-3)21(17)20/h4-14,22H,1-3H3,(H,24,26). The van der Waals surface area contributed by atoms with E-state index in [4.69, 9.17) is 9.47 Å². The first-order valence-corrected chi connectivity index (χ1v) is 9.09. The van der Waals surface area contributed by atoms with Crippen LogP contribution in [0.25, 0.3) is 11.1 Å². The summed E-state index contributed by atoms with van der Waals surface area (Å²) in [5.74, 6) is 1.54. The fourth-order valence-corrected chi connectivity index (χ4v) is 3.43. The van der Waals surface area contributed by atoms with Gasteiger partial charge in [-0.1, -0.05) is 42.5 Å². The number of hydrogen-bond acceptors (Lipinski definition) is 3. The molecule has 1 atom stereocenters. The van der Waals surface area contributed by atoms with Crippen LogP contribution in [0.1, 0.15) is 17.2 Å². The van der Waals surface area contributed by atoms with E-state index in [9.17, 15) is 4.79 Å². The van der Waals surface area contributed by atoms with E-state index < -0.39 is 0 Å². The number of ether oxygens (including phenoxy) is 2. The highest BCUT2D eigenvalue weighted by atomic mass is 16.5. The summed E-state index contributed by atoms with van der Waals surface area (Å²) >= 11 is 0. The molecule has 1 N–H and O–H groups in total. The Bertz CT molecular complexity index is 1020. The van der Waals surface area contributed by atoms with Gasteiger partial charge >= 0.3 is 6.03 Å². The van der Waals surface area contributed by atoms with Crippen LogP contribution >= 0.6 is 0 Å². The maximum absolute atomic E-state index is 12.1. The van der Waals surface area contributed by atoms with Gasteiger partial charge in [0.05, 0.1) is 12.7 Å². The number of amides is 2. The van der Waals surface area contributed by atoms with E-state index in [1.807, 2.05) is 66.7 Å². The predicted octanol–water partition coefficient (Wildman–Crippen LogP) is 4.94. The monoisotopic (exact) mass is 374 g/mol. The zero-order valence-electron chi connectivity index (χ0n) is 16.1. The van der Waals surface area contributed by atoms with Gasteiger partial charge in [0.15, 0.2) is 0 Å². The summed E-state index contributed by atoms with van der Waals surface area (Å²) in [7, 11) is 5.08. The first-order chi connectivity index (χ1) is 13.6. The first kappa shape index (κ1) is 17.9. The molecule has 1 heterocycles. The maximum atomic E-state index is 12.1. The highest BCUT2D eigenvalue weighted by Gasteiger charge is 2.30. The van der Waals surface area contributed by atoms with E-state index in [-0.39, 0.29) is 12.1 Å². The van der Waals surface area contributed by atoms with Crippen molar-refractivity contribution in [3.05, 3.63) is 77.9 Å². The molecule has 1 unspecified atom stereocenters. The summed E-state index contributed by atoms with van der Waals surface area (Å²) in [6, 6.07) is 21.6. The second kappa shape index (κ2) is 7.27. The topological polar surface area (TPSA) is 50.8 Å². The van der Waals surface area contributed by atoms with Crippen molar-refractivity contribution in [1.29, 1.82) is 0 Å². The molecule has 0 bridgehead atoms. The van der Waals surface area contributed by atoms with Gasteiger partial charge in [0.25, 0.3) is 0 Å². The molecule has 0 saturated carbocycles. The van der Waals surface area contributed by atoms with Crippen molar-refractivity contribution in [2.45, 2.75) is 6.10 Å². The van der Waals surface area contributed by atoms with E-state index in [1.165, 1.54) is 4.90 Å². The third-order valence-electron chi connectivity index (χ3n) is 4.82. The van der Waals surface area contributed by atoms with Gasteiger partial charge in [0.2, 0.25) is 0 Å². The van der Waals surface area contributed by atoms with Crippen LogP contribution in [0.15, 0.2) is 66.7 Å². The average Bonchev–Trinajstić information content (AvgIpc) is 2.73. The second-order valence-corrected chi connectivity index (χ2v) is 6.87. The lowest BCUT2D eigenvalue weighted by molar-refractivity contribution is 0.230. The average molecular weight is 374 g/mol. The molecule has 2 amide bonds. The Morgan fingerprint density at radius 2 is 1.82 bits per heavy atom. The number of nitrogens with zero attached hydrogens (tertiary/aromatic N) is 1. The molecule has 0 saturated heterocycles. The molecule has 5 heteroatoms. The molecule has 3 aromatic rings. The number of urea groups is 1. The van der Waals surface area contributed by atoms with Crippen LogP contribution < -0.4 is 14.8 Å². The Hall–Kier alpha value is -3.47. The lowest BCUT2D eigenvalue weighted by Gasteiger charge is -2.30. The van der Waals surface area contributed by atoms with E-state index >= 15 is 0 Å². The third-order valence-corrected chi connectivity index (χ3v) is 4.82. The molecule has 0 aromatic heterocycles. The fourth-order valence-electron chi connectivity index (χ4n) is 3.43. The molecule has 1 aliphatic rings. The zero-order chi connectivity index (χ0) is 19.7. The first-order valence-electron chi connectivity index (χ1n) is 9.09. The summed E-state index contributed by atoms with van der Waals surface area (Å²) in [6.45, 7) is 0. The van der Waals surface area contributed by atoms with Crippen molar-refractivity contribution < 1.29 is 14.3 Å². The molecule has 3 aromatic carbocycles. The Morgan fingerprint density at radius 3 is 2.54 bits per heavy atom. The quantitative estimate of drug-likeness (QED) is 0.707. The highest BCUT2D eigenvalue weighted by Crippen LogP contribution is 2.49. The van der Waals surface area contributed by atoms with Crippen LogP contribution in [-0.4, -0.2) is 32.1 Å². The van der Waals surface area contributed by atoms with E-state index in [1.54, 1.807) is 21.2 Å². The molecule has 28 heavy (non-hydrogen) atoms. The number of carbonyl (C=O) groups excluding carboxylic acids is 1. The van der Waals surface area contributed by atoms with Crippen LogP contribution in [-0.2, 0) is 0 Å². The normalized spacial score (nSPS) is 14.3. The summed E-state index contributed by atoms with van der Waals surface area (Å²) in [5.41, 5.74) is 4.72. The van der Waals surface area contributed by atoms with Gasteiger partial charge in [-0.3, -0.25) is 0 Å². The van der Waals surface area contributed by atoms with Crippen molar-refractivity contribution in [3.63, 3.8) is 0 Å². The Kier molecular flexibility index (Phi) is 4.65. The molecule has 1 aliphatic heterocycles. The number of fused-ring (bicyclic) bond motifs is 3. The van der Waals surface area contributed by atoms with Crippen molar-refractivity contribution >= 4 is 11.7 Å². The van der Waals surface area contributed by atoms with Crippen molar-refractivity contribution in [3.8, 4) is 22.6 Å². The molecular formula is C23H22N2O3. The molecule has 0 aliphatic carbocycles. The third kappa shape index (κ3) is 3.16. The van der Waals surface area contributed by atoms with Crippen LogP contribution in [0.4, 0.5) is 10.5 Å². The zero-order valence-corrected chi connectivity index (χ0v) is 16.1. The second-order valence-electron chi connectivity index (χ2n) is 6.87. The van der Waals surface area contributed by atoms with Gasteiger partial charge in [-0.2, -0.15) is 0 Å². The van der Waals surface area contributed by atoms with Gasteiger partial charge in [0.1, 0.15) is 17.6 Å². The number of hydrogen-bond donors (Lipinski definition) is 1. The van der Waals surface area contributed by atoms with Gasteiger partial charge in [-0.05, 0) is 35.4 Å². The number of rotatable bonds is 3. The minimum Gasteiger partial charge on any atom is -0.496 e. The van der Waals surface area contributed by atoms with Crippen molar-refractivity contribution in [1.82, 2.24) is 4.90 Å². The van der Waals surface area contributed by atoms with Crippen LogP contribution in [0.5, 0.6) is 11.5 Å². The molecule has 4 rings (SSSR count). The molecule has 5 nitrogen and oxygen atoms in total. The van der Waals surface area contributed by atoms with Gasteiger partial charge in [-0.25, -0.2) is 4.79 Å². The minimum absolute atomic E-state index is 0.175. The maximum Gasteiger partial charge on any atom is 0.321 e. The molecule has 0 spiro atoms. The van der Waals surface area contributed by atoms with Crippen LogP contribution in [0.3, 0.4) is 0 Å². The lowest BCUT2D eigenvalue weighted by atomic mass is 9.88. The van der Waals surface area contributed by atoms with Crippen molar-refractivity contribution in [2.24, 2.45) is 0 Å². The highest BCUT2D eigenvalue weighted by molar-refractivity contribution is 5.90. The number of methoxy groups -OCH3 is 1. The Balaban J connectivity index is 1.87. The summed E-state index contributed by atoms with van der Waals surface area (Å²) in [4.78, 5) is 13.6. The lowest BCUT2D eigenvalue weighted by Crippen LogP contribution is -2.27. The summed E-state index contributed by atoms with van der Waals surface area (Å²) in [5, 5.41) is 2.92. The SMILES string of the molecule is COc1cccc2c1-c1ccc(NC(=O)N(C)C)cc1C(c1ccccc1)O2. The van der Waals surface area contributed by atoms with E-state index in [0.717, 1.165) is 39.4 Å². The largest absolute Gasteiger partial charge is 0.496 e. The van der Waals surface area contributed by atoms with E-state index in [0.29, 0.717) is 0 Å². The number of anilines is 1. The number of carbonyl (C=O) groups is 1. The molecule has 142 valence electrons. The summed E-state index contributed by atoms with van der Waals surface area (Å²) < 4.78 is 12.0. The number of nitrogens with one attached hydrogen (secondary N) is 1. The number of benzene rings is 3. The molecule has 0 fully saturated rings. The Labute approximate surface area is 164 Å². The van der Waals surface area contributed by atoms with Gasteiger partial charge < -0.3 is 19.7 Å². The van der Waals surface area contributed by atoms with Crippen LogP contribution in [0, 0.1) is 0 Å². The smallest absolute Gasteiger partial charge is 0.321 e. The van der Waals surface area contributed by atoms with E-state index in [2.05, 4.69) is 5.32 Å². The molecular weight excluding hydrogens is 352 g/mol. The summed E-state index contributed by atoms with van der Waals surface area (Å²) in [6.07, 6.45) is -0.271. The minimum atomic E-state index is -0.271. The Morgan fingerprint density at radius 1 is 1.04 bits per heavy atom.